The van der Waals surface area contributed by atoms with Gasteiger partial charge in [-0.2, -0.15) is 0 Å². The minimum Gasteiger partial charge on any atom is -0.417 e. The van der Waals surface area contributed by atoms with Crippen LogP contribution in [0.25, 0.3) is 0 Å². The van der Waals surface area contributed by atoms with E-state index >= 15 is 0 Å². The van der Waals surface area contributed by atoms with Gasteiger partial charge in [0.25, 0.3) is 0 Å². The van der Waals surface area contributed by atoms with Crippen LogP contribution in [0.2, 0.25) is 0 Å². The Morgan fingerprint density at radius 2 is 0.825 bits per heavy atom. The first-order valence-electron chi connectivity index (χ1n) is 15.4. The van der Waals surface area contributed by atoms with E-state index in [-0.39, 0.29) is 21.7 Å². The summed E-state index contributed by atoms with van der Waals surface area (Å²) < 4.78 is 20.4. The van der Waals surface area contributed by atoms with Gasteiger partial charge in [0.15, 0.2) is 0 Å². The molecule has 0 saturated carbocycles. The van der Waals surface area contributed by atoms with Crippen LogP contribution in [-0.4, -0.2) is 6.61 Å². The van der Waals surface area contributed by atoms with Crippen molar-refractivity contribution in [3.8, 4) is 11.5 Å². The van der Waals surface area contributed by atoms with Gasteiger partial charge in [0.2, 0.25) is 0 Å². The molecule has 2 aromatic rings. The topological polar surface area (TPSA) is 27.7 Å². The van der Waals surface area contributed by atoms with Gasteiger partial charge >= 0.3 is 8.60 Å². The molecule has 0 aliphatic carbocycles. The molecule has 0 fully saturated rings. The molecular formula is C36H59O3P. The van der Waals surface area contributed by atoms with Crippen molar-refractivity contribution >= 4 is 8.60 Å². The molecule has 2 rings (SSSR count). The molecular weight excluding hydrogens is 511 g/mol. The maximum atomic E-state index is 6.93. The first-order valence-corrected chi connectivity index (χ1v) is 16.5. The van der Waals surface area contributed by atoms with Gasteiger partial charge in [0, 0.05) is 22.3 Å². The van der Waals surface area contributed by atoms with Crippen LogP contribution in [0.3, 0.4) is 0 Å². The van der Waals surface area contributed by atoms with Crippen LogP contribution in [0.5, 0.6) is 11.5 Å². The smallest absolute Gasteiger partial charge is 0.417 e. The number of unbranched alkanes of at least 4 members (excludes halogenated alkanes) is 5. The summed E-state index contributed by atoms with van der Waals surface area (Å²) in [5, 5.41) is 0. The average Bonchev–Trinajstić information content (AvgIpc) is 2.80. The zero-order valence-corrected chi connectivity index (χ0v) is 29.0. The first kappa shape index (κ1) is 34.6. The Balaban J connectivity index is 2.57. The second-order valence-electron chi connectivity index (χ2n) is 15.4. The number of benzene rings is 2. The van der Waals surface area contributed by atoms with Crippen LogP contribution in [0.15, 0.2) is 36.4 Å². The van der Waals surface area contributed by atoms with Crippen molar-refractivity contribution < 1.29 is 13.6 Å². The van der Waals surface area contributed by atoms with E-state index in [2.05, 4.69) is 126 Å². The fourth-order valence-corrected chi connectivity index (χ4v) is 5.99. The Hall–Kier alpha value is -1.57. The van der Waals surface area contributed by atoms with Crippen molar-refractivity contribution in [3.05, 3.63) is 58.7 Å². The van der Waals surface area contributed by atoms with E-state index in [1.54, 1.807) is 0 Å². The summed E-state index contributed by atoms with van der Waals surface area (Å²) in [4.78, 5) is 0. The Morgan fingerprint density at radius 1 is 0.500 bits per heavy atom. The summed E-state index contributed by atoms with van der Waals surface area (Å²) in [6.45, 7) is 29.8. The fourth-order valence-electron chi connectivity index (χ4n) is 4.88. The molecule has 3 nitrogen and oxygen atoms in total. The highest BCUT2D eigenvalue weighted by atomic mass is 31.2. The van der Waals surface area contributed by atoms with E-state index in [0.717, 1.165) is 17.9 Å². The van der Waals surface area contributed by atoms with Gasteiger partial charge in [-0.1, -0.05) is 159 Å². The van der Waals surface area contributed by atoms with E-state index in [0.29, 0.717) is 6.61 Å². The van der Waals surface area contributed by atoms with E-state index in [4.69, 9.17) is 13.6 Å². The molecule has 4 heteroatoms. The molecule has 0 heterocycles. The third-order valence-electron chi connectivity index (χ3n) is 7.29. The number of hydrogen-bond acceptors (Lipinski definition) is 3. The number of rotatable bonds is 12. The highest BCUT2D eigenvalue weighted by molar-refractivity contribution is 7.42. The van der Waals surface area contributed by atoms with Crippen LogP contribution < -0.4 is 9.05 Å². The predicted molar refractivity (Wildman–Crippen MR) is 175 cm³/mol. The number of para-hydroxylation sites is 2. The summed E-state index contributed by atoms with van der Waals surface area (Å²) in [7, 11) is -1.69. The van der Waals surface area contributed by atoms with Crippen LogP contribution in [-0.2, 0) is 26.2 Å². The van der Waals surface area contributed by atoms with E-state index < -0.39 is 8.60 Å². The lowest BCUT2D eigenvalue weighted by Crippen LogP contribution is -2.21. The summed E-state index contributed by atoms with van der Waals surface area (Å²) >= 11 is 0. The van der Waals surface area contributed by atoms with Gasteiger partial charge in [0.1, 0.15) is 11.5 Å². The molecule has 0 N–H and O–H groups in total. The van der Waals surface area contributed by atoms with Crippen molar-refractivity contribution in [1.82, 2.24) is 0 Å². The normalized spacial score (nSPS) is 13.2. The monoisotopic (exact) mass is 570 g/mol. The molecule has 0 aliphatic rings. The standard InChI is InChI=1S/C36H59O3P/c1-14-15-16-17-18-19-26-37-40(38-31-27(33(2,3)4)22-20-23-28(31)34(5,6)7)39-32-29(35(8,9)10)24-21-25-30(32)36(11,12)13/h20-25H,14-19,26H2,1-13H3. The Bertz CT molecular complexity index is 919. The summed E-state index contributed by atoms with van der Waals surface area (Å²) in [6, 6.07) is 13.1. The molecule has 226 valence electrons. The Kier molecular flexibility index (Phi) is 12.2. The Morgan fingerprint density at radius 3 is 1.15 bits per heavy atom. The molecule has 2 aromatic carbocycles. The van der Waals surface area contributed by atoms with Crippen LogP contribution in [0, 0.1) is 0 Å². The quantitative estimate of drug-likeness (QED) is 0.188. The second-order valence-corrected chi connectivity index (χ2v) is 16.4. The predicted octanol–water partition coefficient (Wildman–Crippen LogP) is 11.9. The lowest BCUT2D eigenvalue weighted by atomic mass is 9.79. The molecule has 0 unspecified atom stereocenters. The minimum absolute atomic E-state index is 0.0865. The van der Waals surface area contributed by atoms with Crippen molar-refractivity contribution in [2.24, 2.45) is 0 Å². The maximum Gasteiger partial charge on any atom is 0.463 e. The van der Waals surface area contributed by atoms with Gasteiger partial charge in [-0.3, -0.25) is 4.52 Å². The van der Waals surface area contributed by atoms with E-state index in [9.17, 15) is 0 Å². The third-order valence-corrected chi connectivity index (χ3v) is 8.35. The molecule has 0 atom stereocenters. The highest BCUT2D eigenvalue weighted by Gasteiger charge is 2.33. The zero-order valence-electron chi connectivity index (χ0n) is 28.1. The lowest BCUT2D eigenvalue weighted by Gasteiger charge is -2.33. The molecule has 0 saturated heterocycles. The molecule has 0 amide bonds. The molecule has 0 radical (unpaired) electrons. The molecule has 40 heavy (non-hydrogen) atoms. The minimum atomic E-state index is -1.69. The number of hydrogen-bond donors (Lipinski definition) is 0. The fraction of sp³-hybridized carbons (Fsp3) is 0.667. The van der Waals surface area contributed by atoms with Crippen molar-refractivity contribution in [2.45, 2.75) is 150 Å². The van der Waals surface area contributed by atoms with Gasteiger partial charge in [-0.25, -0.2) is 0 Å². The van der Waals surface area contributed by atoms with Crippen molar-refractivity contribution in [2.75, 3.05) is 6.61 Å². The molecule has 0 spiro atoms. The van der Waals surface area contributed by atoms with Crippen molar-refractivity contribution in [1.29, 1.82) is 0 Å². The second kappa shape index (κ2) is 14.1. The summed E-state index contributed by atoms with van der Waals surface area (Å²) in [5.74, 6) is 1.81. The van der Waals surface area contributed by atoms with Crippen LogP contribution >= 0.6 is 8.60 Å². The van der Waals surface area contributed by atoms with Gasteiger partial charge < -0.3 is 9.05 Å². The molecule has 0 aromatic heterocycles. The highest BCUT2D eigenvalue weighted by Crippen LogP contribution is 2.51. The third kappa shape index (κ3) is 10.1. The van der Waals surface area contributed by atoms with Gasteiger partial charge in [-0.05, 0) is 28.1 Å². The summed E-state index contributed by atoms with van der Waals surface area (Å²) in [6.07, 6.45) is 7.28. The van der Waals surface area contributed by atoms with Crippen molar-refractivity contribution in [3.63, 3.8) is 0 Å². The van der Waals surface area contributed by atoms with E-state index in [1.165, 1.54) is 54.4 Å². The first-order chi connectivity index (χ1) is 18.4. The average molecular weight is 571 g/mol. The van der Waals surface area contributed by atoms with Crippen LogP contribution in [0.1, 0.15) is 151 Å². The molecule has 0 aliphatic heterocycles. The maximum absolute atomic E-state index is 6.93. The van der Waals surface area contributed by atoms with Gasteiger partial charge in [0.05, 0.1) is 6.61 Å². The molecule has 0 bridgehead atoms. The summed E-state index contributed by atoms with van der Waals surface area (Å²) in [5.41, 5.74) is 4.37. The van der Waals surface area contributed by atoms with Gasteiger partial charge in [-0.15, -0.1) is 0 Å². The van der Waals surface area contributed by atoms with E-state index in [1.807, 2.05) is 0 Å². The Labute approximate surface area is 248 Å². The lowest BCUT2D eigenvalue weighted by molar-refractivity contribution is 0.253. The zero-order chi connectivity index (χ0) is 30.4. The largest absolute Gasteiger partial charge is 0.463 e. The SMILES string of the molecule is CCCCCCCCOP(Oc1c(C(C)(C)C)cccc1C(C)(C)C)Oc1c(C(C)(C)C)cccc1C(C)(C)C. The van der Waals surface area contributed by atoms with Crippen LogP contribution in [0.4, 0.5) is 0 Å².